The molecular formula is C15H19F4NO2. The minimum atomic E-state index is -4.68. The SMILES string of the molecule is C[C@H](CO[C@@H]1CCOC1)NCc1ccc(F)c(C(F)(F)F)c1. The van der Waals surface area contributed by atoms with Crippen LogP contribution in [0.1, 0.15) is 24.5 Å². The number of nitrogens with one attached hydrogen (secondary N) is 1. The first-order chi connectivity index (χ1) is 10.4. The summed E-state index contributed by atoms with van der Waals surface area (Å²) in [7, 11) is 0. The van der Waals surface area contributed by atoms with Gasteiger partial charge in [0.25, 0.3) is 0 Å². The number of benzene rings is 1. The van der Waals surface area contributed by atoms with Gasteiger partial charge < -0.3 is 14.8 Å². The van der Waals surface area contributed by atoms with Gasteiger partial charge in [-0.05, 0) is 31.0 Å². The Labute approximate surface area is 126 Å². The van der Waals surface area contributed by atoms with Gasteiger partial charge in [0.05, 0.1) is 24.9 Å². The van der Waals surface area contributed by atoms with Gasteiger partial charge in [0, 0.05) is 19.2 Å². The van der Waals surface area contributed by atoms with Gasteiger partial charge in [-0.25, -0.2) is 4.39 Å². The van der Waals surface area contributed by atoms with E-state index in [1.807, 2.05) is 6.92 Å². The second-order valence-electron chi connectivity index (χ2n) is 5.41. The average Bonchev–Trinajstić information content (AvgIpc) is 2.96. The molecule has 0 unspecified atom stereocenters. The van der Waals surface area contributed by atoms with Crippen molar-refractivity contribution >= 4 is 0 Å². The highest BCUT2D eigenvalue weighted by Crippen LogP contribution is 2.31. The molecule has 0 saturated carbocycles. The normalized spacial score (nSPS) is 20.3. The molecule has 1 saturated heterocycles. The Kier molecular flexibility index (Phi) is 5.77. The molecule has 1 aromatic rings. The summed E-state index contributed by atoms with van der Waals surface area (Å²) < 4.78 is 61.9. The summed E-state index contributed by atoms with van der Waals surface area (Å²) in [4.78, 5) is 0. The van der Waals surface area contributed by atoms with Crippen molar-refractivity contribution in [1.82, 2.24) is 5.32 Å². The topological polar surface area (TPSA) is 30.5 Å². The fourth-order valence-corrected chi connectivity index (χ4v) is 2.18. The Morgan fingerprint density at radius 1 is 1.41 bits per heavy atom. The third-order valence-corrected chi connectivity index (χ3v) is 3.46. The zero-order valence-corrected chi connectivity index (χ0v) is 12.3. The molecule has 124 valence electrons. The summed E-state index contributed by atoms with van der Waals surface area (Å²) in [5, 5.41) is 3.07. The Balaban J connectivity index is 1.83. The van der Waals surface area contributed by atoms with Gasteiger partial charge in [-0.3, -0.25) is 0 Å². The van der Waals surface area contributed by atoms with E-state index in [1.165, 1.54) is 6.07 Å². The van der Waals surface area contributed by atoms with E-state index < -0.39 is 17.6 Å². The number of rotatable bonds is 6. The maximum atomic E-state index is 13.2. The van der Waals surface area contributed by atoms with E-state index in [0.717, 1.165) is 18.6 Å². The summed E-state index contributed by atoms with van der Waals surface area (Å²) in [6.45, 7) is 3.82. The van der Waals surface area contributed by atoms with Gasteiger partial charge in [-0.15, -0.1) is 0 Å². The molecule has 0 aliphatic carbocycles. The Bertz CT molecular complexity index is 487. The Hall–Kier alpha value is -1.18. The van der Waals surface area contributed by atoms with Crippen molar-refractivity contribution in [2.75, 3.05) is 19.8 Å². The maximum absolute atomic E-state index is 13.2. The fourth-order valence-electron chi connectivity index (χ4n) is 2.18. The molecule has 0 bridgehead atoms. The van der Waals surface area contributed by atoms with Crippen molar-refractivity contribution in [3.05, 3.63) is 35.1 Å². The summed E-state index contributed by atoms with van der Waals surface area (Å²) >= 11 is 0. The van der Waals surface area contributed by atoms with E-state index in [1.54, 1.807) is 0 Å². The molecule has 0 aromatic heterocycles. The van der Waals surface area contributed by atoms with Crippen LogP contribution < -0.4 is 5.32 Å². The van der Waals surface area contributed by atoms with E-state index in [2.05, 4.69) is 5.32 Å². The molecule has 2 atom stereocenters. The van der Waals surface area contributed by atoms with Crippen molar-refractivity contribution in [1.29, 1.82) is 0 Å². The predicted octanol–water partition coefficient (Wildman–Crippen LogP) is 3.13. The van der Waals surface area contributed by atoms with Crippen LogP contribution in [0.3, 0.4) is 0 Å². The summed E-state index contributed by atoms with van der Waals surface area (Å²) in [6.07, 6.45) is -3.73. The molecule has 1 aliphatic heterocycles. The molecule has 0 spiro atoms. The Morgan fingerprint density at radius 2 is 2.18 bits per heavy atom. The highest BCUT2D eigenvalue weighted by Gasteiger charge is 2.34. The average molecular weight is 321 g/mol. The number of hydrogen-bond acceptors (Lipinski definition) is 3. The van der Waals surface area contributed by atoms with Crippen molar-refractivity contribution in [3.8, 4) is 0 Å². The Morgan fingerprint density at radius 3 is 2.82 bits per heavy atom. The molecule has 2 rings (SSSR count). The smallest absolute Gasteiger partial charge is 0.379 e. The number of ether oxygens (including phenoxy) is 2. The molecule has 0 radical (unpaired) electrons. The predicted molar refractivity (Wildman–Crippen MR) is 72.9 cm³/mol. The second kappa shape index (κ2) is 7.39. The first-order valence-electron chi connectivity index (χ1n) is 7.14. The molecule has 0 amide bonds. The highest BCUT2D eigenvalue weighted by atomic mass is 19.4. The molecule has 7 heteroatoms. The standard InChI is InChI=1S/C15H19F4NO2/c1-10(8-22-12-4-5-21-9-12)20-7-11-2-3-14(16)13(6-11)15(17,18)19/h2-3,6,10,12,20H,4-5,7-9H2,1H3/t10-,12-/m1/s1. The summed E-state index contributed by atoms with van der Waals surface area (Å²) in [5.41, 5.74) is -0.858. The molecule has 3 nitrogen and oxygen atoms in total. The van der Waals surface area contributed by atoms with E-state index in [4.69, 9.17) is 9.47 Å². The third kappa shape index (κ3) is 4.93. The first-order valence-corrected chi connectivity index (χ1v) is 7.14. The van der Waals surface area contributed by atoms with Crippen LogP contribution in [0, 0.1) is 5.82 Å². The van der Waals surface area contributed by atoms with Gasteiger partial charge in [-0.1, -0.05) is 6.07 Å². The molecule has 22 heavy (non-hydrogen) atoms. The van der Waals surface area contributed by atoms with Crippen LogP contribution in [0.2, 0.25) is 0 Å². The minimum absolute atomic E-state index is 0.0278. The van der Waals surface area contributed by atoms with E-state index in [9.17, 15) is 17.6 Å². The molecule has 1 heterocycles. The van der Waals surface area contributed by atoms with Crippen molar-refractivity contribution < 1.29 is 27.0 Å². The lowest BCUT2D eigenvalue weighted by Crippen LogP contribution is -2.32. The van der Waals surface area contributed by atoms with Crippen LogP contribution >= 0.6 is 0 Å². The molecule has 1 N–H and O–H groups in total. The molecule has 1 fully saturated rings. The molecular weight excluding hydrogens is 302 g/mol. The van der Waals surface area contributed by atoms with Crippen LogP contribution in [0.5, 0.6) is 0 Å². The van der Waals surface area contributed by atoms with Crippen molar-refractivity contribution in [2.24, 2.45) is 0 Å². The maximum Gasteiger partial charge on any atom is 0.419 e. The monoisotopic (exact) mass is 321 g/mol. The lowest BCUT2D eigenvalue weighted by atomic mass is 10.1. The van der Waals surface area contributed by atoms with E-state index >= 15 is 0 Å². The van der Waals surface area contributed by atoms with Gasteiger partial charge >= 0.3 is 6.18 Å². The third-order valence-electron chi connectivity index (χ3n) is 3.46. The van der Waals surface area contributed by atoms with Gasteiger partial charge in [-0.2, -0.15) is 13.2 Å². The van der Waals surface area contributed by atoms with Gasteiger partial charge in [0.1, 0.15) is 5.82 Å². The van der Waals surface area contributed by atoms with Gasteiger partial charge in [0.15, 0.2) is 0 Å². The van der Waals surface area contributed by atoms with Crippen LogP contribution in [0.15, 0.2) is 18.2 Å². The lowest BCUT2D eigenvalue weighted by molar-refractivity contribution is -0.140. The van der Waals surface area contributed by atoms with Crippen molar-refractivity contribution in [3.63, 3.8) is 0 Å². The number of halogens is 4. The van der Waals surface area contributed by atoms with Gasteiger partial charge in [0.2, 0.25) is 0 Å². The van der Waals surface area contributed by atoms with Crippen LogP contribution in [0.25, 0.3) is 0 Å². The second-order valence-corrected chi connectivity index (χ2v) is 5.41. The summed E-state index contributed by atoms with van der Waals surface area (Å²) in [5.74, 6) is -1.26. The zero-order valence-electron chi connectivity index (χ0n) is 12.3. The van der Waals surface area contributed by atoms with Crippen LogP contribution in [-0.2, 0) is 22.2 Å². The number of alkyl halides is 3. The molecule has 1 aromatic carbocycles. The van der Waals surface area contributed by atoms with Crippen molar-refractivity contribution in [2.45, 2.75) is 38.2 Å². The lowest BCUT2D eigenvalue weighted by Gasteiger charge is -2.17. The highest BCUT2D eigenvalue weighted by molar-refractivity contribution is 5.27. The van der Waals surface area contributed by atoms with E-state index in [0.29, 0.717) is 25.4 Å². The van der Waals surface area contributed by atoms with Crippen LogP contribution in [-0.4, -0.2) is 32.0 Å². The quantitative estimate of drug-likeness (QED) is 0.817. The zero-order chi connectivity index (χ0) is 16.2. The minimum Gasteiger partial charge on any atom is -0.379 e. The summed E-state index contributed by atoms with van der Waals surface area (Å²) in [6, 6.07) is 2.99. The largest absolute Gasteiger partial charge is 0.419 e. The molecule has 1 aliphatic rings. The van der Waals surface area contributed by atoms with Crippen LogP contribution in [0.4, 0.5) is 17.6 Å². The number of hydrogen-bond donors (Lipinski definition) is 1. The van der Waals surface area contributed by atoms with E-state index in [-0.39, 0.29) is 18.7 Å². The first kappa shape index (κ1) is 17.2. The fraction of sp³-hybridized carbons (Fsp3) is 0.600.